The van der Waals surface area contributed by atoms with Crippen LogP contribution in [0.4, 0.5) is 0 Å². The SMILES string of the molecule is C/C(=C/CCCl)c1cnnn1-c1ccccc1. The van der Waals surface area contributed by atoms with Crippen molar-refractivity contribution in [2.24, 2.45) is 0 Å². The van der Waals surface area contributed by atoms with E-state index < -0.39 is 0 Å². The Kier molecular flexibility index (Phi) is 3.94. The van der Waals surface area contributed by atoms with Gasteiger partial charge in [-0.3, -0.25) is 0 Å². The third-order valence-electron chi connectivity index (χ3n) is 2.51. The molecule has 0 aliphatic carbocycles. The van der Waals surface area contributed by atoms with E-state index in [4.69, 9.17) is 11.6 Å². The molecule has 2 rings (SSSR count). The summed E-state index contributed by atoms with van der Waals surface area (Å²) in [6.07, 6.45) is 4.73. The maximum absolute atomic E-state index is 5.68. The largest absolute Gasteiger partial charge is 0.213 e. The molecule has 0 amide bonds. The van der Waals surface area contributed by atoms with Gasteiger partial charge in [-0.15, -0.1) is 16.7 Å². The molecule has 0 N–H and O–H groups in total. The number of para-hydroxylation sites is 1. The standard InChI is InChI=1S/C13H14ClN3/c1-11(6-5-9-14)13-10-15-16-17(13)12-7-3-2-4-8-12/h2-4,6-8,10H,5,9H2,1H3/b11-6-. The molecule has 0 radical (unpaired) electrons. The first-order chi connectivity index (χ1) is 8.33. The first-order valence-corrected chi connectivity index (χ1v) is 6.05. The van der Waals surface area contributed by atoms with Crippen LogP contribution in [0.1, 0.15) is 19.0 Å². The molecule has 0 unspecified atom stereocenters. The first-order valence-electron chi connectivity index (χ1n) is 5.52. The molecule has 0 fully saturated rings. The minimum Gasteiger partial charge on any atom is -0.213 e. The smallest absolute Gasteiger partial charge is 0.0897 e. The van der Waals surface area contributed by atoms with Gasteiger partial charge in [0.2, 0.25) is 0 Å². The van der Waals surface area contributed by atoms with E-state index in [9.17, 15) is 0 Å². The van der Waals surface area contributed by atoms with E-state index in [0.717, 1.165) is 23.4 Å². The van der Waals surface area contributed by atoms with Gasteiger partial charge < -0.3 is 0 Å². The highest BCUT2D eigenvalue weighted by Crippen LogP contribution is 2.17. The summed E-state index contributed by atoms with van der Waals surface area (Å²) in [5, 5.41) is 8.08. The van der Waals surface area contributed by atoms with Crippen LogP contribution >= 0.6 is 11.6 Å². The first kappa shape index (κ1) is 11.9. The zero-order valence-electron chi connectivity index (χ0n) is 9.68. The zero-order chi connectivity index (χ0) is 12.1. The Bertz CT molecular complexity index is 502. The molecule has 0 spiro atoms. The molecule has 0 saturated heterocycles. The lowest BCUT2D eigenvalue weighted by molar-refractivity contribution is 0.795. The van der Waals surface area contributed by atoms with Crippen molar-refractivity contribution in [3.05, 3.63) is 48.3 Å². The molecule has 0 aliphatic heterocycles. The van der Waals surface area contributed by atoms with Gasteiger partial charge in [0.1, 0.15) is 0 Å². The minimum absolute atomic E-state index is 0.629. The van der Waals surface area contributed by atoms with Crippen LogP contribution < -0.4 is 0 Å². The van der Waals surface area contributed by atoms with Crippen LogP contribution in [0.5, 0.6) is 0 Å². The summed E-state index contributed by atoms with van der Waals surface area (Å²) < 4.78 is 1.83. The van der Waals surface area contributed by atoms with E-state index in [0.29, 0.717) is 5.88 Å². The monoisotopic (exact) mass is 247 g/mol. The van der Waals surface area contributed by atoms with E-state index in [1.54, 1.807) is 6.20 Å². The number of nitrogens with zero attached hydrogens (tertiary/aromatic N) is 3. The van der Waals surface area contributed by atoms with Crippen LogP contribution in [0.2, 0.25) is 0 Å². The predicted molar refractivity (Wildman–Crippen MR) is 70.3 cm³/mol. The summed E-state index contributed by atoms with van der Waals surface area (Å²) in [6.45, 7) is 2.05. The van der Waals surface area contributed by atoms with Crippen LogP contribution in [-0.2, 0) is 0 Å². The molecule has 3 nitrogen and oxygen atoms in total. The van der Waals surface area contributed by atoms with E-state index in [2.05, 4.69) is 16.4 Å². The van der Waals surface area contributed by atoms with Gasteiger partial charge in [0.15, 0.2) is 0 Å². The van der Waals surface area contributed by atoms with Crippen molar-refractivity contribution in [3.63, 3.8) is 0 Å². The van der Waals surface area contributed by atoms with E-state index in [1.807, 2.05) is 41.9 Å². The van der Waals surface area contributed by atoms with Crippen molar-refractivity contribution in [3.8, 4) is 5.69 Å². The van der Waals surface area contributed by atoms with Crippen molar-refractivity contribution in [2.75, 3.05) is 5.88 Å². The molecule has 0 atom stereocenters. The van der Waals surface area contributed by atoms with Gasteiger partial charge in [-0.2, -0.15) is 0 Å². The summed E-state index contributed by atoms with van der Waals surface area (Å²) in [6, 6.07) is 9.97. The van der Waals surface area contributed by atoms with Crippen LogP contribution in [0, 0.1) is 0 Å². The molecule has 17 heavy (non-hydrogen) atoms. The highest BCUT2D eigenvalue weighted by atomic mass is 35.5. The number of alkyl halides is 1. The van der Waals surface area contributed by atoms with Crippen LogP contribution in [-0.4, -0.2) is 20.9 Å². The number of benzene rings is 1. The van der Waals surface area contributed by atoms with Crippen molar-refractivity contribution in [1.82, 2.24) is 15.0 Å². The topological polar surface area (TPSA) is 30.7 Å². The fraction of sp³-hybridized carbons (Fsp3) is 0.231. The minimum atomic E-state index is 0.629. The third-order valence-corrected chi connectivity index (χ3v) is 2.73. The van der Waals surface area contributed by atoms with Crippen LogP contribution in [0.15, 0.2) is 42.6 Å². The van der Waals surface area contributed by atoms with Gasteiger partial charge >= 0.3 is 0 Å². The zero-order valence-corrected chi connectivity index (χ0v) is 10.4. The normalized spacial score (nSPS) is 11.8. The highest BCUT2D eigenvalue weighted by molar-refractivity contribution is 6.17. The summed E-state index contributed by atoms with van der Waals surface area (Å²) in [4.78, 5) is 0. The molecule has 0 bridgehead atoms. The Balaban J connectivity index is 2.35. The number of hydrogen-bond donors (Lipinski definition) is 0. The van der Waals surface area contributed by atoms with Crippen LogP contribution in [0.3, 0.4) is 0 Å². The maximum Gasteiger partial charge on any atom is 0.0897 e. The van der Waals surface area contributed by atoms with Crippen molar-refractivity contribution < 1.29 is 0 Å². The fourth-order valence-corrected chi connectivity index (χ4v) is 1.75. The number of hydrogen-bond acceptors (Lipinski definition) is 2. The summed E-state index contributed by atoms with van der Waals surface area (Å²) >= 11 is 5.68. The Morgan fingerprint density at radius 2 is 2.12 bits per heavy atom. The van der Waals surface area contributed by atoms with Crippen molar-refractivity contribution in [1.29, 1.82) is 0 Å². The van der Waals surface area contributed by atoms with Gasteiger partial charge in [-0.05, 0) is 31.1 Å². The Morgan fingerprint density at radius 3 is 2.82 bits per heavy atom. The second-order valence-corrected chi connectivity index (χ2v) is 4.11. The fourth-order valence-electron chi connectivity index (χ4n) is 1.64. The van der Waals surface area contributed by atoms with E-state index in [-0.39, 0.29) is 0 Å². The lowest BCUT2D eigenvalue weighted by Crippen LogP contribution is -2.00. The van der Waals surface area contributed by atoms with Crippen LogP contribution in [0.25, 0.3) is 11.3 Å². The van der Waals surface area contributed by atoms with Crippen molar-refractivity contribution in [2.45, 2.75) is 13.3 Å². The third kappa shape index (κ3) is 2.74. The molecule has 1 heterocycles. The van der Waals surface area contributed by atoms with Crippen molar-refractivity contribution >= 4 is 17.2 Å². The molecule has 88 valence electrons. The van der Waals surface area contributed by atoms with E-state index >= 15 is 0 Å². The molecule has 1 aromatic carbocycles. The lowest BCUT2D eigenvalue weighted by Gasteiger charge is -2.05. The van der Waals surface area contributed by atoms with Gasteiger partial charge in [-0.25, -0.2) is 4.68 Å². The molecular formula is C13H14ClN3. The molecule has 0 aliphatic rings. The second-order valence-electron chi connectivity index (χ2n) is 3.73. The Hall–Kier alpha value is -1.61. The van der Waals surface area contributed by atoms with E-state index in [1.165, 1.54) is 0 Å². The molecule has 4 heteroatoms. The average molecular weight is 248 g/mol. The highest BCUT2D eigenvalue weighted by Gasteiger charge is 2.06. The lowest BCUT2D eigenvalue weighted by atomic mass is 10.2. The molecule has 0 saturated carbocycles. The summed E-state index contributed by atoms with van der Waals surface area (Å²) in [5.74, 6) is 0.629. The quantitative estimate of drug-likeness (QED) is 0.777. The van der Waals surface area contributed by atoms with Gasteiger partial charge in [0.25, 0.3) is 0 Å². The molecule has 2 aromatic rings. The Labute approximate surface area is 106 Å². The maximum atomic E-state index is 5.68. The number of halogens is 1. The molecule has 1 aromatic heterocycles. The summed E-state index contributed by atoms with van der Waals surface area (Å²) in [7, 11) is 0. The number of allylic oxidation sites excluding steroid dienone is 2. The van der Waals surface area contributed by atoms with Gasteiger partial charge in [0.05, 0.1) is 17.6 Å². The number of rotatable bonds is 4. The summed E-state index contributed by atoms with van der Waals surface area (Å²) in [5.41, 5.74) is 3.15. The predicted octanol–water partition coefficient (Wildman–Crippen LogP) is 3.30. The van der Waals surface area contributed by atoms with Gasteiger partial charge in [0, 0.05) is 5.88 Å². The average Bonchev–Trinajstić information content (AvgIpc) is 2.86. The van der Waals surface area contributed by atoms with Gasteiger partial charge in [-0.1, -0.05) is 29.5 Å². The Morgan fingerprint density at radius 1 is 1.35 bits per heavy atom. The second kappa shape index (κ2) is 5.64. The molecular weight excluding hydrogens is 234 g/mol. The number of aromatic nitrogens is 3.